The average molecular weight is 396 g/mol. The highest BCUT2D eigenvalue weighted by molar-refractivity contribution is 7.88. The molecule has 0 unspecified atom stereocenters. The Hall–Kier alpha value is -3.16. The summed E-state index contributed by atoms with van der Waals surface area (Å²) in [6.45, 7) is 0.414. The van der Waals surface area contributed by atoms with E-state index in [2.05, 4.69) is 5.32 Å². The Morgan fingerprint density at radius 3 is 2.07 bits per heavy atom. The van der Waals surface area contributed by atoms with Crippen molar-refractivity contribution >= 4 is 21.6 Å². The number of amides is 1. The highest BCUT2D eigenvalue weighted by atomic mass is 32.2. The number of rotatable bonds is 7. The van der Waals surface area contributed by atoms with Crippen LogP contribution < -0.4 is 15.2 Å². The number of primary sulfonamides is 1. The van der Waals surface area contributed by atoms with Gasteiger partial charge in [0.05, 0.1) is 5.75 Å². The van der Waals surface area contributed by atoms with E-state index >= 15 is 0 Å². The molecule has 3 rings (SSSR count). The van der Waals surface area contributed by atoms with Crippen LogP contribution in [0.1, 0.15) is 21.5 Å². The fraction of sp³-hybridized carbons (Fsp3) is 0.0952. The summed E-state index contributed by atoms with van der Waals surface area (Å²) in [5, 5.41) is 7.80. The van der Waals surface area contributed by atoms with Gasteiger partial charge in [-0.15, -0.1) is 0 Å². The lowest BCUT2D eigenvalue weighted by molar-refractivity contribution is 0.102. The van der Waals surface area contributed by atoms with E-state index in [4.69, 9.17) is 9.88 Å². The third-order valence-corrected chi connectivity index (χ3v) is 4.68. The molecule has 0 heterocycles. The second-order valence-electron chi connectivity index (χ2n) is 6.26. The van der Waals surface area contributed by atoms with Crippen LogP contribution in [0.15, 0.2) is 78.9 Å². The van der Waals surface area contributed by atoms with Crippen molar-refractivity contribution in [2.45, 2.75) is 12.4 Å². The van der Waals surface area contributed by atoms with Crippen LogP contribution in [-0.2, 0) is 22.4 Å². The Morgan fingerprint density at radius 1 is 0.857 bits per heavy atom. The number of benzene rings is 3. The highest BCUT2D eigenvalue weighted by Crippen LogP contribution is 2.15. The number of sulfonamides is 1. The number of para-hydroxylation sites is 1. The Labute approximate surface area is 164 Å². The van der Waals surface area contributed by atoms with Gasteiger partial charge in [-0.3, -0.25) is 4.79 Å². The summed E-state index contributed by atoms with van der Waals surface area (Å²) < 4.78 is 27.9. The van der Waals surface area contributed by atoms with E-state index in [0.717, 1.165) is 11.3 Å². The van der Waals surface area contributed by atoms with Crippen LogP contribution in [0.4, 0.5) is 5.69 Å². The van der Waals surface area contributed by atoms with Crippen molar-refractivity contribution in [1.82, 2.24) is 0 Å². The topological polar surface area (TPSA) is 98.5 Å². The molecule has 0 aromatic heterocycles. The average Bonchev–Trinajstić information content (AvgIpc) is 2.68. The minimum absolute atomic E-state index is 0.242. The predicted octanol–water partition coefficient (Wildman–Crippen LogP) is 3.31. The van der Waals surface area contributed by atoms with Gasteiger partial charge in [0.15, 0.2) is 0 Å². The van der Waals surface area contributed by atoms with Crippen molar-refractivity contribution in [1.29, 1.82) is 0 Å². The molecule has 6 nitrogen and oxygen atoms in total. The Balaban J connectivity index is 1.57. The van der Waals surface area contributed by atoms with Gasteiger partial charge < -0.3 is 10.1 Å². The molecule has 0 aliphatic carbocycles. The summed E-state index contributed by atoms with van der Waals surface area (Å²) in [6, 6.07) is 23.2. The van der Waals surface area contributed by atoms with Crippen LogP contribution in [0.3, 0.4) is 0 Å². The van der Waals surface area contributed by atoms with Gasteiger partial charge in [-0.05, 0) is 47.5 Å². The maximum absolute atomic E-state index is 12.4. The van der Waals surface area contributed by atoms with Gasteiger partial charge in [0.1, 0.15) is 12.4 Å². The molecule has 3 aromatic carbocycles. The molecule has 0 aliphatic heterocycles. The maximum Gasteiger partial charge on any atom is 0.255 e. The van der Waals surface area contributed by atoms with Gasteiger partial charge in [0.2, 0.25) is 10.0 Å². The second kappa shape index (κ2) is 8.69. The predicted molar refractivity (Wildman–Crippen MR) is 108 cm³/mol. The third-order valence-electron chi connectivity index (χ3n) is 3.94. The van der Waals surface area contributed by atoms with Crippen molar-refractivity contribution in [2.24, 2.45) is 5.14 Å². The Kier molecular flexibility index (Phi) is 6.08. The first-order chi connectivity index (χ1) is 13.4. The lowest BCUT2D eigenvalue weighted by Gasteiger charge is -2.08. The maximum atomic E-state index is 12.4. The summed E-state index contributed by atoms with van der Waals surface area (Å²) in [5.41, 5.74) is 2.59. The smallest absolute Gasteiger partial charge is 0.255 e. The quantitative estimate of drug-likeness (QED) is 0.640. The molecule has 0 bridgehead atoms. The van der Waals surface area contributed by atoms with Gasteiger partial charge in [0.25, 0.3) is 5.91 Å². The Morgan fingerprint density at radius 2 is 1.46 bits per heavy atom. The van der Waals surface area contributed by atoms with Gasteiger partial charge in [-0.1, -0.05) is 42.5 Å². The van der Waals surface area contributed by atoms with Crippen LogP contribution in [0, 0.1) is 0 Å². The second-order valence-corrected chi connectivity index (χ2v) is 7.87. The molecule has 0 saturated heterocycles. The molecule has 7 heteroatoms. The van der Waals surface area contributed by atoms with Crippen molar-refractivity contribution in [3.05, 3.63) is 95.6 Å². The normalized spacial score (nSPS) is 11.0. The zero-order chi connectivity index (χ0) is 20.0. The lowest BCUT2D eigenvalue weighted by atomic mass is 10.1. The minimum atomic E-state index is -3.58. The SMILES string of the molecule is NS(=O)(=O)Cc1ccc(NC(=O)c2ccc(COc3ccccc3)cc2)cc1. The summed E-state index contributed by atoms with van der Waals surface area (Å²) >= 11 is 0. The molecule has 0 aliphatic rings. The molecule has 3 N–H and O–H groups in total. The number of ether oxygens (including phenoxy) is 1. The summed E-state index contributed by atoms with van der Waals surface area (Å²) in [7, 11) is -3.58. The van der Waals surface area contributed by atoms with Gasteiger partial charge in [0, 0.05) is 11.3 Å². The zero-order valence-electron chi connectivity index (χ0n) is 15.0. The molecule has 144 valence electrons. The van der Waals surface area contributed by atoms with Crippen LogP contribution >= 0.6 is 0 Å². The first kappa shape index (κ1) is 19.6. The van der Waals surface area contributed by atoms with Crippen molar-refractivity contribution < 1.29 is 17.9 Å². The van der Waals surface area contributed by atoms with E-state index in [1.807, 2.05) is 42.5 Å². The van der Waals surface area contributed by atoms with Gasteiger partial charge in [-0.25, -0.2) is 13.6 Å². The fourth-order valence-corrected chi connectivity index (χ4v) is 3.21. The van der Waals surface area contributed by atoms with Crippen molar-refractivity contribution in [3.63, 3.8) is 0 Å². The van der Waals surface area contributed by atoms with Gasteiger partial charge in [-0.2, -0.15) is 0 Å². The van der Waals surface area contributed by atoms with Crippen molar-refractivity contribution in [3.8, 4) is 5.75 Å². The van der Waals surface area contributed by atoms with Crippen LogP contribution in [0.2, 0.25) is 0 Å². The van der Waals surface area contributed by atoms with E-state index in [9.17, 15) is 13.2 Å². The van der Waals surface area contributed by atoms with Crippen LogP contribution in [0.25, 0.3) is 0 Å². The van der Waals surface area contributed by atoms with E-state index in [1.54, 1.807) is 36.4 Å². The fourth-order valence-electron chi connectivity index (χ4n) is 2.56. The highest BCUT2D eigenvalue weighted by Gasteiger charge is 2.08. The van der Waals surface area contributed by atoms with E-state index in [0.29, 0.717) is 23.4 Å². The number of nitrogens with one attached hydrogen (secondary N) is 1. The summed E-state index contributed by atoms with van der Waals surface area (Å²) in [5.74, 6) is 0.290. The molecule has 0 saturated carbocycles. The minimum Gasteiger partial charge on any atom is -0.489 e. The van der Waals surface area contributed by atoms with Crippen LogP contribution in [0.5, 0.6) is 5.75 Å². The monoisotopic (exact) mass is 396 g/mol. The molecule has 28 heavy (non-hydrogen) atoms. The first-order valence-electron chi connectivity index (χ1n) is 8.57. The molecule has 1 amide bonds. The summed E-state index contributed by atoms with van der Waals surface area (Å²) in [4.78, 5) is 12.4. The lowest BCUT2D eigenvalue weighted by Crippen LogP contribution is -2.15. The first-order valence-corrected chi connectivity index (χ1v) is 10.3. The molecule has 0 atom stereocenters. The van der Waals surface area contributed by atoms with E-state index in [-0.39, 0.29) is 11.7 Å². The third kappa shape index (κ3) is 5.94. The largest absolute Gasteiger partial charge is 0.489 e. The number of carbonyl (C=O) groups excluding carboxylic acids is 1. The Bertz CT molecular complexity index is 1030. The van der Waals surface area contributed by atoms with E-state index < -0.39 is 10.0 Å². The number of anilines is 1. The standard InChI is InChI=1S/C21H20N2O4S/c22-28(25,26)15-17-8-12-19(13-9-17)23-21(24)18-10-6-16(7-11-18)14-27-20-4-2-1-3-5-20/h1-13H,14-15H2,(H,23,24)(H2,22,25,26). The molecule has 3 aromatic rings. The molecule has 0 radical (unpaired) electrons. The van der Waals surface area contributed by atoms with Gasteiger partial charge >= 0.3 is 0 Å². The molecule has 0 spiro atoms. The van der Waals surface area contributed by atoms with Crippen molar-refractivity contribution in [2.75, 3.05) is 5.32 Å². The number of carbonyl (C=O) groups is 1. The number of hydrogen-bond donors (Lipinski definition) is 2. The summed E-state index contributed by atoms with van der Waals surface area (Å²) in [6.07, 6.45) is 0. The molecular weight excluding hydrogens is 376 g/mol. The molecular formula is C21H20N2O4S. The zero-order valence-corrected chi connectivity index (χ0v) is 15.9. The number of nitrogens with two attached hydrogens (primary N) is 1. The number of hydrogen-bond acceptors (Lipinski definition) is 4. The molecule has 0 fully saturated rings. The van der Waals surface area contributed by atoms with E-state index in [1.165, 1.54) is 0 Å². The van der Waals surface area contributed by atoms with Crippen LogP contribution in [-0.4, -0.2) is 14.3 Å².